The average molecular weight is 293 g/mol. The van der Waals surface area contributed by atoms with Gasteiger partial charge >= 0.3 is 0 Å². The molecule has 2 aromatic rings. The first-order valence-electron chi connectivity index (χ1n) is 5.57. The summed E-state index contributed by atoms with van der Waals surface area (Å²) in [5, 5.41) is 0.362. The second-order valence-electron chi connectivity index (χ2n) is 3.96. The number of amides is 1. The van der Waals surface area contributed by atoms with Gasteiger partial charge in [0, 0.05) is 17.4 Å². The lowest BCUT2D eigenvalue weighted by Crippen LogP contribution is -2.11. The summed E-state index contributed by atoms with van der Waals surface area (Å²) in [5.41, 5.74) is 16.7. The van der Waals surface area contributed by atoms with Gasteiger partial charge in [0.2, 0.25) is 5.91 Å². The fraction of sp³-hybridized carbons (Fsp3) is 0.0833. The number of thioether (sulfide) groups is 1. The maximum absolute atomic E-state index is 13.8. The number of benzene rings is 1. The van der Waals surface area contributed by atoms with Crippen molar-refractivity contribution in [3.8, 4) is 0 Å². The van der Waals surface area contributed by atoms with Crippen LogP contribution in [-0.4, -0.2) is 15.9 Å². The van der Waals surface area contributed by atoms with Crippen LogP contribution in [0.15, 0.2) is 29.4 Å². The predicted molar refractivity (Wildman–Crippen MR) is 75.3 cm³/mol. The third kappa shape index (κ3) is 3.35. The van der Waals surface area contributed by atoms with E-state index in [9.17, 15) is 9.18 Å². The normalized spacial score (nSPS) is 10.4. The summed E-state index contributed by atoms with van der Waals surface area (Å²) in [4.78, 5) is 18.9. The Morgan fingerprint density at radius 2 is 1.85 bits per heavy atom. The number of hydrogen-bond acceptors (Lipinski definition) is 6. The molecule has 0 spiro atoms. The number of hydrogen-bond donors (Lipinski definition) is 3. The van der Waals surface area contributed by atoms with Crippen LogP contribution >= 0.6 is 11.8 Å². The molecule has 0 unspecified atom stereocenters. The Morgan fingerprint density at radius 1 is 1.20 bits per heavy atom. The highest BCUT2D eigenvalue weighted by atomic mass is 32.2. The summed E-state index contributed by atoms with van der Waals surface area (Å²) >= 11 is 1.19. The topological polar surface area (TPSA) is 121 Å². The molecule has 0 radical (unpaired) electrons. The Labute approximate surface area is 118 Å². The second-order valence-corrected chi connectivity index (χ2v) is 4.90. The van der Waals surface area contributed by atoms with Gasteiger partial charge in [-0.15, -0.1) is 0 Å². The summed E-state index contributed by atoms with van der Waals surface area (Å²) in [6.45, 7) is 0. The molecular weight excluding hydrogens is 281 g/mol. The summed E-state index contributed by atoms with van der Waals surface area (Å²) in [5.74, 6) is -0.386. The van der Waals surface area contributed by atoms with Crippen molar-refractivity contribution in [2.45, 2.75) is 10.9 Å². The number of carbonyl (C=O) groups excluding carboxylic acids is 1. The molecule has 0 aliphatic carbocycles. The van der Waals surface area contributed by atoms with Gasteiger partial charge in [-0.25, -0.2) is 14.4 Å². The number of rotatable bonds is 4. The van der Waals surface area contributed by atoms with Crippen molar-refractivity contribution in [3.63, 3.8) is 0 Å². The van der Waals surface area contributed by atoms with Gasteiger partial charge in [-0.05, 0) is 17.7 Å². The van der Waals surface area contributed by atoms with E-state index in [2.05, 4.69) is 9.97 Å². The largest absolute Gasteiger partial charge is 0.383 e. The quantitative estimate of drug-likeness (QED) is 0.574. The van der Waals surface area contributed by atoms with Crippen molar-refractivity contribution in [1.82, 2.24) is 9.97 Å². The Kier molecular flexibility index (Phi) is 4.04. The first kappa shape index (κ1) is 14.1. The summed E-state index contributed by atoms with van der Waals surface area (Å²) in [6, 6.07) is 5.51. The number of anilines is 2. The van der Waals surface area contributed by atoms with Crippen molar-refractivity contribution in [1.29, 1.82) is 0 Å². The molecule has 0 aliphatic rings. The van der Waals surface area contributed by atoms with Gasteiger partial charge in [-0.3, -0.25) is 4.79 Å². The Bertz CT molecular complexity index is 644. The van der Waals surface area contributed by atoms with E-state index in [0.29, 0.717) is 10.7 Å². The van der Waals surface area contributed by atoms with Crippen LogP contribution in [0.5, 0.6) is 0 Å². The van der Waals surface area contributed by atoms with Gasteiger partial charge in [0.25, 0.3) is 0 Å². The molecular formula is C12H12FN5OS. The maximum atomic E-state index is 13.8. The highest BCUT2D eigenvalue weighted by molar-refractivity contribution is 7.98. The Balaban J connectivity index is 2.12. The van der Waals surface area contributed by atoms with Gasteiger partial charge < -0.3 is 17.2 Å². The van der Waals surface area contributed by atoms with Crippen molar-refractivity contribution in [3.05, 3.63) is 41.2 Å². The van der Waals surface area contributed by atoms with E-state index in [1.54, 1.807) is 0 Å². The molecule has 1 heterocycles. The lowest BCUT2D eigenvalue weighted by molar-refractivity contribution is 0.1000. The van der Waals surface area contributed by atoms with Crippen LogP contribution in [-0.2, 0) is 5.75 Å². The third-order valence-corrected chi connectivity index (χ3v) is 3.34. The van der Waals surface area contributed by atoms with E-state index in [1.807, 2.05) is 0 Å². The summed E-state index contributed by atoms with van der Waals surface area (Å²) in [6.07, 6.45) is 0. The Morgan fingerprint density at radius 3 is 2.40 bits per heavy atom. The van der Waals surface area contributed by atoms with Crippen LogP contribution in [0.4, 0.5) is 16.0 Å². The minimum absolute atomic E-state index is 0.126. The zero-order chi connectivity index (χ0) is 14.7. The summed E-state index contributed by atoms with van der Waals surface area (Å²) < 4.78 is 13.8. The van der Waals surface area contributed by atoms with Crippen molar-refractivity contribution >= 4 is 29.3 Å². The first-order valence-corrected chi connectivity index (χ1v) is 6.55. The fourth-order valence-electron chi connectivity index (χ4n) is 1.49. The second kappa shape index (κ2) is 5.74. The minimum Gasteiger partial charge on any atom is -0.383 e. The average Bonchev–Trinajstić information content (AvgIpc) is 2.36. The predicted octanol–water partition coefficient (Wildman–Crippen LogP) is 1.17. The molecule has 0 fully saturated rings. The molecule has 0 bridgehead atoms. The zero-order valence-electron chi connectivity index (χ0n) is 10.3. The van der Waals surface area contributed by atoms with Crippen molar-refractivity contribution in [2.75, 3.05) is 11.5 Å². The molecule has 104 valence electrons. The monoisotopic (exact) mass is 293 g/mol. The molecule has 6 N–H and O–H groups in total. The first-order chi connectivity index (χ1) is 9.45. The number of nitrogens with zero attached hydrogens (tertiary/aromatic N) is 2. The number of primary amides is 1. The van der Waals surface area contributed by atoms with E-state index in [0.717, 1.165) is 6.07 Å². The number of aromatic nitrogens is 2. The van der Waals surface area contributed by atoms with E-state index >= 15 is 0 Å². The molecule has 8 heteroatoms. The van der Waals surface area contributed by atoms with Gasteiger partial charge in [0.15, 0.2) is 5.16 Å². The van der Waals surface area contributed by atoms with E-state index in [4.69, 9.17) is 17.2 Å². The van der Waals surface area contributed by atoms with Crippen LogP contribution in [0.25, 0.3) is 0 Å². The van der Waals surface area contributed by atoms with Gasteiger partial charge in [0.05, 0.1) is 0 Å². The molecule has 0 atom stereocenters. The van der Waals surface area contributed by atoms with Crippen molar-refractivity contribution < 1.29 is 9.18 Å². The molecule has 0 saturated carbocycles. The number of carbonyl (C=O) groups is 1. The van der Waals surface area contributed by atoms with E-state index < -0.39 is 11.7 Å². The standard InChI is InChI=1S/C12H12FN5OS/c13-8-3-6(11(16)19)1-2-7(8)5-20-12-17-9(14)4-10(15)18-12/h1-4H,5H2,(H2,16,19)(H4,14,15,17,18). The van der Waals surface area contributed by atoms with Gasteiger partial charge in [-0.2, -0.15) is 0 Å². The number of nitrogen functional groups attached to an aromatic ring is 2. The number of nitrogens with two attached hydrogens (primary N) is 3. The lowest BCUT2D eigenvalue weighted by atomic mass is 10.1. The third-order valence-electron chi connectivity index (χ3n) is 2.44. The highest BCUT2D eigenvalue weighted by Gasteiger charge is 2.09. The van der Waals surface area contributed by atoms with Crippen LogP contribution in [0.2, 0.25) is 0 Å². The van der Waals surface area contributed by atoms with Crippen LogP contribution in [0.3, 0.4) is 0 Å². The van der Waals surface area contributed by atoms with Gasteiger partial charge in [0.1, 0.15) is 17.5 Å². The van der Waals surface area contributed by atoms with E-state index in [-0.39, 0.29) is 23.0 Å². The maximum Gasteiger partial charge on any atom is 0.248 e. The number of halogens is 1. The smallest absolute Gasteiger partial charge is 0.248 e. The molecule has 0 aliphatic heterocycles. The molecule has 1 aromatic heterocycles. The Hall–Kier alpha value is -2.35. The highest BCUT2D eigenvalue weighted by Crippen LogP contribution is 2.23. The van der Waals surface area contributed by atoms with Crippen molar-refractivity contribution in [2.24, 2.45) is 5.73 Å². The van der Waals surface area contributed by atoms with Crippen LogP contribution in [0, 0.1) is 5.82 Å². The van der Waals surface area contributed by atoms with E-state index in [1.165, 1.54) is 30.0 Å². The zero-order valence-corrected chi connectivity index (χ0v) is 11.2. The van der Waals surface area contributed by atoms with Crippen LogP contribution in [0.1, 0.15) is 15.9 Å². The minimum atomic E-state index is -0.671. The molecule has 20 heavy (non-hydrogen) atoms. The summed E-state index contributed by atoms with van der Waals surface area (Å²) in [7, 11) is 0. The van der Waals surface area contributed by atoms with Gasteiger partial charge in [-0.1, -0.05) is 17.8 Å². The lowest BCUT2D eigenvalue weighted by Gasteiger charge is -2.05. The van der Waals surface area contributed by atoms with Crippen LogP contribution < -0.4 is 17.2 Å². The molecule has 1 amide bonds. The fourth-order valence-corrected chi connectivity index (χ4v) is 2.35. The molecule has 2 rings (SSSR count). The molecule has 6 nitrogen and oxygen atoms in total. The molecule has 1 aromatic carbocycles. The SMILES string of the molecule is NC(=O)c1ccc(CSc2nc(N)cc(N)n2)c(F)c1. The molecule has 0 saturated heterocycles.